The lowest BCUT2D eigenvalue weighted by Crippen LogP contribution is -2.13. The number of nitrogens with zero attached hydrogens (tertiary/aromatic N) is 1. The van der Waals surface area contributed by atoms with Gasteiger partial charge in [0.2, 0.25) is 0 Å². The summed E-state index contributed by atoms with van der Waals surface area (Å²) in [6.07, 6.45) is 4.80. The number of methoxy groups -OCH3 is 1. The first-order valence-corrected chi connectivity index (χ1v) is 6.66. The number of nitrogen functional groups attached to an aromatic ring is 1. The fourth-order valence-corrected chi connectivity index (χ4v) is 2.52. The van der Waals surface area contributed by atoms with E-state index in [2.05, 4.69) is 5.16 Å². The number of hydrogen-bond donors (Lipinski definition) is 1. The van der Waals surface area contributed by atoms with Gasteiger partial charge in [0.05, 0.1) is 12.7 Å². The van der Waals surface area contributed by atoms with Crippen molar-refractivity contribution in [2.45, 2.75) is 25.7 Å². The summed E-state index contributed by atoms with van der Waals surface area (Å²) in [5.74, 6) is 2.89. The summed E-state index contributed by atoms with van der Waals surface area (Å²) in [5, 5.41) is 3.92. The molecule has 1 heterocycles. The normalized spacial score (nSPS) is 15.2. The van der Waals surface area contributed by atoms with Crippen molar-refractivity contribution < 1.29 is 9.26 Å². The average Bonchev–Trinajstić information content (AvgIpc) is 2.75. The van der Waals surface area contributed by atoms with Crippen molar-refractivity contribution in [3.05, 3.63) is 30.0 Å². The molecule has 1 fully saturated rings. The van der Waals surface area contributed by atoms with Crippen molar-refractivity contribution >= 4 is 5.82 Å². The highest BCUT2D eigenvalue weighted by molar-refractivity contribution is 5.76. The van der Waals surface area contributed by atoms with Gasteiger partial charge < -0.3 is 15.0 Å². The summed E-state index contributed by atoms with van der Waals surface area (Å²) in [7, 11) is 1.66. The first-order valence-electron chi connectivity index (χ1n) is 6.66. The van der Waals surface area contributed by atoms with Crippen LogP contribution >= 0.6 is 0 Å². The Bertz CT molecular complexity index is 573. The zero-order valence-corrected chi connectivity index (χ0v) is 11.1. The molecule has 100 valence electrons. The van der Waals surface area contributed by atoms with Crippen molar-refractivity contribution in [1.29, 1.82) is 0 Å². The van der Waals surface area contributed by atoms with Crippen molar-refractivity contribution in [3.63, 3.8) is 0 Å². The van der Waals surface area contributed by atoms with Gasteiger partial charge in [0.25, 0.3) is 0 Å². The Kier molecular flexibility index (Phi) is 3.15. The Labute approximate surface area is 112 Å². The van der Waals surface area contributed by atoms with Gasteiger partial charge in [-0.3, -0.25) is 0 Å². The largest absolute Gasteiger partial charge is 0.497 e. The molecule has 1 aliphatic carbocycles. The highest BCUT2D eigenvalue weighted by Crippen LogP contribution is 2.36. The molecule has 0 spiro atoms. The minimum Gasteiger partial charge on any atom is -0.497 e. The number of anilines is 1. The highest BCUT2D eigenvalue weighted by Gasteiger charge is 2.24. The van der Waals surface area contributed by atoms with E-state index in [0.29, 0.717) is 5.82 Å². The van der Waals surface area contributed by atoms with Crippen LogP contribution in [0.1, 0.15) is 25.0 Å². The second-order valence-electron chi connectivity index (χ2n) is 5.10. The lowest BCUT2D eigenvalue weighted by Gasteiger charge is -2.24. The molecule has 2 aromatic rings. The lowest BCUT2D eigenvalue weighted by atomic mass is 9.81. The quantitative estimate of drug-likeness (QED) is 0.914. The van der Waals surface area contributed by atoms with Crippen LogP contribution in [0.5, 0.6) is 5.75 Å². The van der Waals surface area contributed by atoms with Gasteiger partial charge in [-0.15, -0.1) is 0 Å². The first kappa shape index (κ1) is 12.1. The standard InChI is InChI=1S/C15H18N2O2/c1-18-12-7-3-6-11(9-12)14-13(19-17-15(14)16)8-10-4-2-5-10/h3,6-7,9-10H,2,4-5,8H2,1H3,(H2,16,17). The number of aromatic nitrogens is 1. The lowest BCUT2D eigenvalue weighted by molar-refractivity contribution is 0.279. The van der Waals surface area contributed by atoms with Crippen LogP contribution in [0.15, 0.2) is 28.8 Å². The van der Waals surface area contributed by atoms with Gasteiger partial charge in [-0.2, -0.15) is 0 Å². The molecule has 3 rings (SSSR count). The minimum atomic E-state index is 0.461. The minimum absolute atomic E-state index is 0.461. The molecule has 4 heteroatoms. The van der Waals surface area contributed by atoms with Gasteiger partial charge in [-0.1, -0.05) is 36.6 Å². The molecule has 2 N–H and O–H groups in total. The van der Waals surface area contributed by atoms with E-state index in [4.69, 9.17) is 15.0 Å². The molecule has 0 atom stereocenters. The van der Waals surface area contributed by atoms with Crippen LogP contribution in [0.4, 0.5) is 5.82 Å². The van der Waals surface area contributed by atoms with Crippen molar-refractivity contribution in [2.24, 2.45) is 5.92 Å². The predicted octanol–water partition coefficient (Wildman–Crippen LogP) is 3.28. The zero-order valence-electron chi connectivity index (χ0n) is 11.1. The van der Waals surface area contributed by atoms with Crippen LogP contribution in [0, 0.1) is 5.92 Å². The molecule has 0 aliphatic heterocycles. The number of hydrogen-bond acceptors (Lipinski definition) is 4. The molecule has 1 saturated carbocycles. The number of ether oxygens (including phenoxy) is 1. The fourth-order valence-electron chi connectivity index (χ4n) is 2.52. The second-order valence-corrected chi connectivity index (χ2v) is 5.10. The summed E-state index contributed by atoms with van der Waals surface area (Å²) in [4.78, 5) is 0. The van der Waals surface area contributed by atoms with Crippen LogP contribution in [0.25, 0.3) is 11.1 Å². The second kappa shape index (κ2) is 4.96. The maximum atomic E-state index is 5.95. The third-order valence-corrected chi connectivity index (χ3v) is 3.85. The van der Waals surface area contributed by atoms with Crippen molar-refractivity contribution in [2.75, 3.05) is 12.8 Å². The smallest absolute Gasteiger partial charge is 0.175 e. The molecule has 1 aromatic heterocycles. The Morgan fingerprint density at radius 2 is 2.26 bits per heavy atom. The molecule has 1 aliphatic rings. The van der Waals surface area contributed by atoms with E-state index >= 15 is 0 Å². The molecule has 19 heavy (non-hydrogen) atoms. The van der Waals surface area contributed by atoms with Crippen LogP contribution < -0.4 is 10.5 Å². The van der Waals surface area contributed by atoms with Gasteiger partial charge in [-0.05, 0) is 23.6 Å². The van der Waals surface area contributed by atoms with E-state index in [9.17, 15) is 0 Å². The zero-order chi connectivity index (χ0) is 13.2. The predicted molar refractivity (Wildman–Crippen MR) is 73.9 cm³/mol. The first-order chi connectivity index (χ1) is 9.28. The summed E-state index contributed by atoms with van der Waals surface area (Å²) in [6, 6.07) is 7.84. The third kappa shape index (κ3) is 2.30. The molecule has 0 amide bonds. The van der Waals surface area contributed by atoms with Crippen molar-refractivity contribution in [1.82, 2.24) is 5.16 Å². The van der Waals surface area contributed by atoms with Crippen molar-refractivity contribution in [3.8, 4) is 16.9 Å². The Morgan fingerprint density at radius 3 is 2.95 bits per heavy atom. The summed E-state index contributed by atoms with van der Waals surface area (Å²) in [6.45, 7) is 0. The van der Waals surface area contributed by atoms with Gasteiger partial charge in [0.15, 0.2) is 5.82 Å². The Morgan fingerprint density at radius 1 is 1.42 bits per heavy atom. The van der Waals surface area contributed by atoms with Crippen LogP contribution in [0.3, 0.4) is 0 Å². The average molecular weight is 258 g/mol. The SMILES string of the molecule is COc1cccc(-c2c(N)noc2CC2CCC2)c1. The highest BCUT2D eigenvalue weighted by atomic mass is 16.5. The number of nitrogens with two attached hydrogens (primary N) is 1. The topological polar surface area (TPSA) is 61.3 Å². The monoisotopic (exact) mass is 258 g/mol. The van der Waals surface area contributed by atoms with Gasteiger partial charge in [0.1, 0.15) is 11.5 Å². The van der Waals surface area contributed by atoms with E-state index in [-0.39, 0.29) is 0 Å². The molecule has 4 nitrogen and oxygen atoms in total. The number of benzene rings is 1. The van der Waals surface area contributed by atoms with Gasteiger partial charge >= 0.3 is 0 Å². The molecular formula is C15H18N2O2. The number of rotatable bonds is 4. The van der Waals surface area contributed by atoms with E-state index < -0.39 is 0 Å². The van der Waals surface area contributed by atoms with E-state index in [0.717, 1.165) is 35.0 Å². The Balaban J connectivity index is 1.95. The van der Waals surface area contributed by atoms with E-state index in [1.807, 2.05) is 24.3 Å². The molecular weight excluding hydrogens is 240 g/mol. The van der Waals surface area contributed by atoms with Gasteiger partial charge in [-0.25, -0.2) is 0 Å². The summed E-state index contributed by atoms with van der Waals surface area (Å²) in [5.41, 5.74) is 7.88. The maximum Gasteiger partial charge on any atom is 0.175 e. The Hall–Kier alpha value is -1.97. The molecule has 0 radical (unpaired) electrons. The third-order valence-electron chi connectivity index (χ3n) is 3.85. The maximum absolute atomic E-state index is 5.95. The summed E-state index contributed by atoms with van der Waals surface area (Å²) >= 11 is 0. The summed E-state index contributed by atoms with van der Waals surface area (Å²) < 4.78 is 10.7. The molecule has 0 unspecified atom stereocenters. The fraction of sp³-hybridized carbons (Fsp3) is 0.400. The van der Waals surface area contributed by atoms with Crippen LogP contribution in [-0.4, -0.2) is 12.3 Å². The van der Waals surface area contributed by atoms with Crippen LogP contribution in [0.2, 0.25) is 0 Å². The van der Waals surface area contributed by atoms with E-state index in [1.165, 1.54) is 19.3 Å². The molecule has 0 saturated heterocycles. The van der Waals surface area contributed by atoms with E-state index in [1.54, 1.807) is 7.11 Å². The molecule has 0 bridgehead atoms. The molecule has 1 aromatic carbocycles. The van der Waals surface area contributed by atoms with Crippen LogP contribution in [-0.2, 0) is 6.42 Å². The van der Waals surface area contributed by atoms with Gasteiger partial charge in [0, 0.05) is 6.42 Å².